The Morgan fingerprint density at radius 1 is 1.18 bits per heavy atom. The van der Waals surface area contributed by atoms with E-state index in [1.165, 1.54) is 11.8 Å². The second kappa shape index (κ2) is 8.80. The van der Waals surface area contributed by atoms with Crippen molar-refractivity contribution in [3.63, 3.8) is 0 Å². The molecule has 7 heteroatoms. The molecule has 5 nitrogen and oxygen atoms in total. The van der Waals surface area contributed by atoms with Crippen molar-refractivity contribution < 1.29 is 4.79 Å². The van der Waals surface area contributed by atoms with Gasteiger partial charge in [-0.25, -0.2) is 4.98 Å². The third-order valence-electron chi connectivity index (χ3n) is 4.12. The largest absolute Gasteiger partial charge is 0.325 e. The number of fused-ring (bicyclic) bond motifs is 1. The van der Waals surface area contributed by atoms with E-state index in [1.807, 2.05) is 32.0 Å². The van der Waals surface area contributed by atoms with Crippen molar-refractivity contribution in [2.45, 2.75) is 37.7 Å². The first-order valence-electron chi connectivity index (χ1n) is 9.08. The van der Waals surface area contributed by atoms with Crippen LogP contribution >= 0.6 is 23.4 Å². The van der Waals surface area contributed by atoms with Gasteiger partial charge in [0.15, 0.2) is 5.16 Å². The van der Waals surface area contributed by atoms with E-state index < -0.39 is 5.25 Å². The number of aromatic nitrogens is 2. The van der Waals surface area contributed by atoms with Gasteiger partial charge in [-0.15, -0.1) is 0 Å². The number of hydrogen-bond acceptors (Lipinski definition) is 4. The number of amides is 1. The summed E-state index contributed by atoms with van der Waals surface area (Å²) in [5.41, 5.74) is 1.19. The van der Waals surface area contributed by atoms with Crippen LogP contribution in [0.25, 0.3) is 10.9 Å². The zero-order chi connectivity index (χ0) is 20.3. The Hall–Kier alpha value is -2.31. The molecule has 0 fully saturated rings. The van der Waals surface area contributed by atoms with Crippen LogP contribution < -0.4 is 10.9 Å². The second-order valence-corrected chi connectivity index (χ2v) is 8.73. The lowest BCUT2D eigenvalue weighted by Gasteiger charge is -2.17. The molecule has 0 aliphatic rings. The number of nitrogens with one attached hydrogen (secondary N) is 1. The molecule has 1 heterocycles. The van der Waals surface area contributed by atoms with Crippen LogP contribution in [0.15, 0.2) is 58.5 Å². The molecule has 28 heavy (non-hydrogen) atoms. The normalized spacial score (nSPS) is 12.3. The fourth-order valence-electron chi connectivity index (χ4n) is 2.79. The highest BCUT2D eigenvalue weighted by Gasteiger charge is 2.20. The first kappa shape index (κ1) is 20.4. The lowest BCUT2D eigenvalue weighted by Crippen LogP contribution is -2.28. The van der Waals surface area contributed by atoms with E-state index in [1.54, 1.807) is 41.8 Å². The number of nitrogens with zero attached hydrogens (tertiary/aromatic N) is 2. The number of anilines is 1. The van der Waals surface area contributed by atoms with E-state index in [-0.39, 0.29) is 17.4 Å². The standard InChI is InChI=1S/C21H22ClN3O2S/c1-13(2)12-25-20(27)17-9-4-5-10-18(17)24-21(25)28-14(3)19(26)23-16-8-6-7-15(22)11-16/h4-11,13-14H,12H2,1-3H3,(H,23,26)/t14-/m1/s1. The van der Waals surface area contributed by atoms with Crippen LogP contribution in [0.3, 0.4) is 0 Å². The Bertz CT molecular complexity index is 1060. The van der Waals surface area contributed by atoms with Gasteiger partial charge in [-0.2, -0.15) is 0 Å². The van der Waals surface area contributed by atoms with Crippen molar-refractivity contribution in [2.75, 3.05) is 5.32 Å². The summed E-state index contributed by atoms with van der Waals surface area (Å²) in [4.78, 5) is 30.2. The van der Waals surface area contributed by atoms with Gasteiger partial charge in [-0.1, -0.05) is 55.4 Å². The van der Waals surface area contributed by atoms with Gasteiger partial charge in [0.1, 0.15) is 0 Å². The second-order valence-electron chi connectivity index (χ2n) is 6.98. The third kappa shape index (κ3) is 4.75. The molecule has 3 rings (SSSR count). The molecule has 1 N–H and O–H groups in total. The zero-order valence-corrected chi connectivity index (χ0v) is 17.6. The minimum atomic E-state index is -0.439. The van der Waals surface area contributed by atoms with Gasteiger partial charge in [0, 0.05) is 17.3 Å². The molecule has 0 bridgehead atoms. The summed E-state index contributed by atoms with van der Waals surface area (Å²) in [7, 11) is 0. The maximum atomic E-state index is 13.0. The SMILES string of the molecule is CC(C)Cn1c(S[C@H](C)C(=O)Nc2cccc(Cl)c2)nc2ccccc2c1=O. The molecule has 2 aromatic carbocycles. The van der Waals surface area contributed by atoms with Gasteiger partial charge in [0.25, 0.3) is 5.56 Å². The predicted octanol–water partition coefficient (Wildman–Crippen LogP) is 4.83. The Kier molecular flexibility index (Phi) is 6.42. The van der Waals surface area contributed by atoms with Gasteiger partial charge in [0.05, 0.1) is 16.2 Å². The molecule has 146 valence electrons. The molecule has 1 amide bonds. The van der Waals surface area contributed by atoms with Crippen LogP contribution in [0.4, 0.5) is 5.69 Å². The highest BCUT2D eigenvalue weighted by Crippen LogP contribution is 2.25. The van der Waals surface area contributed by atoms with Crippen molar-refractivity contribution in [3.05, 3.63) is 63.9 Å². The number of carbonyl (C=O) groups excluding carboxylic acids is 1. The molecular formula is C21H22ClN3O2S. The van der Waals surface area contributed by atoms with E-state index >= 15 is 0 Å². The summed E-state index contributed by atoms with van der Waals surface area (Å²) in [6.45, 7) is 6.43. The zero-order valence-electron chi connectivity index (χ0n) is 16.0. The van der Waals surface area contributed by atoms with Gasteiger partial charge in [-0.05, 0) is 43.2 Å². The van der Waals surface area contributed by atoms with Crippen molar-refractivity contribution in [2.24, 2.45) is 5.92 Å². The van der Waals surface area contributed by atoms with Gasteiger partial charge >= 0.3 is 0 Å². The highest BCUT2D eigenvalue weighted by atomic mass is 35.5. The minimum Gasteiger partial charge on any atom is -0.325 e. The molecule has 0 unspecified atom stereocenters. The molecule has 1 aromatic heterocycles. The molecule has 0 radical (unpaired) electrons. The average molecular weight is 416 g/mol. The monoisotopic (exact) mass is 415 g/mol. The van der Waals surface area contributed by atoms with E-state index in [0.29, 0.717) is 33.3 Å². The number of hydrogen-bond donors (Lipinski definition) is 1. The predicted molar refractivity (Wildman–Crippen MR) is 116 cm³/mol. The molecule has 0 aliphatic carbocycles. The molecular weight excluding hydrogens is 394 g/mol. The summed E-state index contributed by atoms with van der Waals surface area (Å²) in [6, 6.07) is 14.3. The summed E-state index contributed by atoms with van der Waals surface area (Å²) >= 11 is 7.25. The smallest absolute Gasteiger partial charge is 0.262 e. The average Bonchev–Trinajstić information content (AvgIpc) is 2.64. The van der Waals surface area contributed by atoms with E-state index in [4.69, 9.17) is 11.6 Å². The van der Waals surface area contributed by atoms with Crippen LogP contribution in [-0.4, -0.2) is 20.7 Å². The van der Waals surface area contributed by atoms with E-state index in [0.717, 1.165) is 0 Å². The van der Waals surface area contributed by atoms with Crippen molar-refractivity contribution >= 4 is 45.9 Å². The van der Waals surface area contributed by atoms with Crippen molar-refractivity contribution in [1.82, 2.24) is 9.55 Å². The Balaban J connectivity index is 1.89. The van der Waals surface area contributed by atoms with E-state index in [2.05, 4.69) is 10.3 Å². The Morgan fingerprint density at radius 3 is 2.64 bits per heavy atom. The highest BCUT2D eigenvalue weighted by molar-refractivity contribution is 8.00. The van der Waals surface area contributed by atoms with Crippen LogP contribution in [-0.2, 0) is 11.3 Å². The van der Waals surface area contributed by atoms with Gasteiger partial charge in [-0.3, -0.25) is 14.2 Å². The maximum absolute atomic E-state index is 13.0. The number of para-hydroxylation sites is 1. The third-order valence-corrected chi connectivity index (χ3v) is 5.44. The maximum Gasteiger partial charge on any atom is 0.262 e. The van der Waals surface area contributed by atoms with Crippen molar-refractivity contribution in [1.29, 1.82) is 0 Å². The van der Waals surface area contributed by atoms with Crippen LogP contribution in [0, 0.1) is 5.92 Å². The Labute approximate surface area is 173 Å². The lowest BCUT2D eigenvalue weighted by atomic mass is 10.2. The summed E-state index contributed by atoms with van der Waals surface area (Å²) in [6.07, 6.45) is 0. The molecule has 1 atom stereocenters. The fraction of sp³-hybridized carbons (Fsp3) is 0.286. The Morgan fingerprint density at radius 2 is 1.93 bits per heavy atom. The summed E-state index contributed by atoms with van der Waals surface area (Å²) < 4.78 is 1.67. The fourth-order valence-corrected chi connectivity index (χ4v) is 3.89. The molecule has 0 saturated heterocycles. The quantitative estimate of drug-likeness (QED) is 0.462. The van der Waals surface area contributed by atoms with Crippen LogP contribution in [0.5, 0.6) is 0 Å². The van der Waals surface area contributed by atoms with Gasteiger partial charge in [0.2, 0.25) is 5.91 Å². The molecule has 0 saturated carbocycles. The van der Waals surface area contributed by atoms with Crippen LogP contribution in [0.2, 0.25) is 5.02 Å². The first-order chi connectivity index (χ1) is 13.3. The van der Waals surface area contributed by atoms with Crippen molar-refractivity contribution in [3.8, 4) is 0 Å². The number of rotatable bonds is 6. The summed E-state index contributed by atoms with van der Waals surface area (Å²) in [5, 5.41) is 4.11. The molecule has 0 spiro atoms. The topological polar surface area (TPSA) is 64.0 Å². The van der Waals surface area contributed by atoms with E-state index in [9.17, 15) is 9.59 Å². The number of thioether (sulfide) groups is 1. The minimum absolute atomic E-state index is 0.0794. The molecule has 0 aliphatic heterocycles. The lowest BCUT2D eigenvalue weighted by molar-refractivity contribution is -0.115. The first-order valence-corrected chi connectivity index (χ1v) is 10.3. The number of benzene rings is 2. The number of carbonyl (C=O) groups is 1. The van der Waals surface area contributed by atoms with Crippen LogP contribution in [0.1, 0.15) is 20.8 Å². The number of halogens is 1. The van der Waals surface area contributed by atoms with Gasteiger partial charge < -0.3 is 5.32 Å². The summed E-state index contributed by atoms with van der Waals surface area (Å²) in [5.74, 6) is 0.0985. The molecule has 3 aromatic rings.